The molecule has 2 fully saturated rings. The van der Waals surface area contributed by atoms with Gasteiger partial charge in [0.05, 0.1) is 14.2 Å². The normalized spacial score (nSPS) is 21.0. The Bertz CT molecular complexity index is 1700. The van der Waals surface area contributed by atoms with Crippen molar-refractivity contribution in [3.05, 3.63) is 143 Å². The number of ketones is 1. The topological polar surface area (TPSA) is 93.7 Å². The minimum absolute atomic E-state index is 0.0864. The van der Waals surface area contributed by atoms with Gasteiger partial charge in [0.25, 0.3) is 0 Å². The Balaban J connectivity index is 1.73. The predicted molar refractivity (Wildman–Crippen MR) is 177 cm³/mol. The van der Waals surface area contributed by atoms with Gasteiger partial charge in [-0.05, 0) is 70.9 Å². The molecule has 224 valence electrons. The van der Waals surface area contributed by atoms with Crippen molar-refractivity contribution < 1.29 is 23.9 Å². The van der Waals surface area contributed by atoms with Crippen LogP contribution in [0.4, 0.5) is 0 Å². The highest BCUT2D eigenvalue weighted by Crippen LogP contribution is 2.59. The van der Waals surface area contributed by atoms with Crippen molar-refractivity contribution in [2.24, 2.45) is 5.41 Å². The van der Waals surface area contributed by atoms with E-state index < -0.39 is 29.1 Å². The third-order valence-electron chi connectivity index (χ3n) is 8.40. The molecule has 8 heteroatoms. The van der Waals surface area contributed by atoms with Crippen molar-refractivity contribution in [1.82, 2.24) is 10.6 Å². The van der Waals surface area contributed by atoms with Crippen LogP contribution in [0.25, 0.3) is 12.2 Å². The number of thiocarbonyl (C=S) groups is 1. The van der Waals surface area contributed by atoms with Gasteiger partial charge in [0.2, 0.25) is 11.8 Å². The number of rotatable bonds is 6. The molecule has 2 N–H and O–H groups in total. The van der Waals surface area contributed by atoms with Crippen LogP contribution in [0, 0.1) is 5.41 Å². The number of carbonyl (C=O) groups is 3. The van der Waals surface area contributed by atoms with Gasteiger partial charge in [-0.25, -0.2) is 0 Å². The molecule has 6 rings (SSSR count). The van der Waals surface area contributed by atoms with E-state index in [9.17, 15) is 14.4 Å². The van der Waals surface area contributed by atoms with Crippen molar-refractivity contribution in [3.8, 4) is 11.5 Å². The molecular formula is C37H30N2O5S. The number of hydrogen-bond donors (Lipinski definition) is 2. The van der Waals surface area contributed by atoms with Crippen molar-refractivity contribution in [1.29, 1.82) is 0 Å². The zero-order chi connectivity index (χ0) is 31.6. The van der Waals surface area contributed by atoms with Crippen LogP contribution in [0.5, 0.6) is 11.5 Å². The minimum Gasteiger partial charge on any atom is -0.497 e. The average Bonchev–Trinajstić information content (AvgIpc) is 3.06. The van der Waals surface area contributed by atoms with Gasteiger partial charge in [0.15, 0.2) is 16.3 Å². The Kier molecular flexibility index (Phi) is 8.15. The van der Waals surface area contributed by atoms with Crippen LogP contribution in [-0.4, -0.2) is 36.9 Å². The van der Waals surface area contributed by atoms with Crippen LogP contribution >= 0.6 is 12.2 Å². The summed E-state index contributed by atoms with van der Waals surface area (Å²) in [6.07, 6.45) is 3.55. The van der Waals surface area contributed by atoms with Gasteiger partial charge >= 0.3 is 0 Å². The molecule has 1 aliphatic heterocycles. The molecule has 45 heavy (non-hydrogen) atoms. The molecule has 2 atom stereocenters. The molecule has 4 aromatic rings. The van der Waals surface area contributed by atoms with Gasteiger partial charge in [-0.1, -0.05) is 84.9 Å². The lowest BCUT2D eigenvalue weighted by Gasteiger charge is -2.50. The summed E-state index contributed by atoms with van der Waals surface area (Å²) < 4.78 is 10.8. The second-order valence-electron chi connectivity index (χ2n) is 10.9. The summed E-state index contributed by atoms with van der Waals surface area (Å²) in [4.78, 5) is 44.2. The summed E-state index contributed by atoms with van der Waals surface area (Å²) in [6.45, 7) is 0. The number of allylic oxidation sites excluding steroid dienone is 2. The Morgan fingerprint density at radius 2 is 0.978 bits per heavy atom. The van der Waals surface area contributed by atoms with E-state index in [2.05, 4.69) is 10.6 Å². The van der Waals surface area contributed by atoms with Crippen molar-refractivity contribution in [2.75, 3.05) is 14.2 Å². The molecule has 1 saturated heterocycles. The summed E-state index contributed by atoms with van der Waals surface area (Å²) in [5, 5.41) is 5.40. The number of amides is 2. The number of ether oxygens (including phenoxy) is 2. The Hall–Kier alpha value is -5.34. The molecule has 1 aliphatic carbocycles. The number of Topliss-reactive ketones (excluding diaryl/α,β-unsaturated/α-hetero) is 1. The summed E-state index contributed by atoms with van der Waals surface area (Å²) in [7, 11) is 3.12. The number of methoxy groups -OCH3 is 2. The molecule has 1 heterocycles. The van der Waals surface area contributed by atoms with E-state index in [1.54, 1.807) is 74.9 Å². The fraction of sp³-hybridized carbons (Fsp3) is 0.135. The minimum atomic E-state index is -1.86. The molecule has 0 bridgehead atoms. The highest BCUT2D eigenvalue weighted by molar-refractivity contribution is 7.80. The maximum absolute atomic E-state index is 15.0. The summed E-state index contributed by atoms with van der Waals surface area (Å²) in [5.74, 6) is -2.27. The van der Waals surface area contributed by atoms with Crippen LogP contribution in [0.15, 0.2) is 120 Å². The van der Waals surface area contributed by atoms with E-state index in [1.165, 1.54) is 0 Å². The lowest BCUT2D eigenvalue weighted by Crippen LogP contribution is -2.68. The van der Waals surface area contributed by atoms with Gasteiger partial charge in [-0.15, -0.1) is 0 Å². The molecule has 2 aliphatic rings. The van der Waals surface area contributed by atoms with Gasteiger partial charge in [0.1, 0.15) is 11.5 Å². The average molecular weight is 615 g/mol. The second-order valence-corrected chi connectivity index (χ2v) is 11.3. The van der Waals surface area contributed by atoms with Gasteiger partial charge in [0, 0.05) is 23.0 Å². The fourth-order valence-corrected chi connectivity index (χ4v) is 6.58. The molecule has 0 aromatic heterocycles. The van der Waals surface area contributed by atoms with E-state index in [0.717, 1.165) is 11.1 Å². The molecular weight excluding hydrogens is 584 g/mol. The molecule has 2 unspecified atom stereocenters. The zero-order valence-electron chi connectivity index (χ0n) is 24.7. The summed E-state index contributed by atoms with van der Waals surface area (Å²) in [5.41, 5.74) is 1.45. The number of carbonyl (C=O) groups excluding carboxylic acids is 3. The second kappa shape index (κ2) is 12.3. The van der Waals surface area contributed by atoms with Crippen LogP contribution in [0.1, 0.15) is 34.1 Å². The Morgan fingerprint density at radius 1 is 0.600 bits per heavy atom. The zero-order valence-corrected chi connectivity index (χ0v) is 25.5. The van der Waals surface area contributed by atoms with E-state index in [4.69, 9.17) is 21.7 Å². The van der Waals surface area contributed by atoms with Crippen molar-refractivity contribution >= 4 is 47.1 Å². The quantitative estimate of drug-likeness (QED) is 0.161. The molecule has 1 saturated carbocycles. The first-order valence-electron chi connectivity index (χ1n) is 14.4. The standard InChI is InChI=1S/C37H30N2O5S/c1-43-27-17-13-25(14-18-27)31-29(21-23-9-5-3-6-10-23)33(40)30(22-24-11-7-4-8-12-24)32(26-15-19-28(44-2)20-16-26)37(31)34(41)38-36(45)39-35(37)42/h3-22,31-32H,1-2H3,(H2,38,39,41,42,45)/b29-21+,30-22+. The smallest absolute Gasteiger partial charge is 0.243 e. The molecule has 2 amide bonds. The van der Waals surface area contributed by atoms with Crippen LogP contribution in [-0.2, 0) is 14.4 Å². The SMILES string of the molecule is COc1ccc(C2/C(=C\c3ccccc3)C(=O)/C(=C/c3ccccc3)C(c3ccc(OC)cc3)C23C(=O)NC(=S)NC3=O)cc1. The van der Waals surface area contributed by atoms with Crippen LogP contribution in [0.3, 0.4) is 0 Å². The van der Waals surface area contributed by atoms with E-state index >= 15 is 0 Å². The van der Waals surface area contributed by atoms with Crippen LogP contribution < -0.4 is 20.1 Å². The van der Waals surface area contributed by atoms with E-state index in [-0.39, 0.29) is 10.9 Å². The predicted octanol–water partition coefficient (Wildman–Crippen LogP) is 5.84. The van der Waals surface area contributed by atoms with Crippen LogP contribution in [0.2, 0.25) is 0 Å². The maximum Gasteiger partial charge on any atom is 0.243 e. The fourth-order valence-electron chi connectivity index (χ4n) is 6.39. The highest BCUT2D eigenvalue weighted by atomic mass is 32.1. The van der Waals surface area contributed by atoms with E-state index in [1.807, 2.05) is 60.7 Å². The number of benzene rings is 4. The van der Waals surface area contributed by atoms with Crippen molar-refractivity contribution in [3.63, 3.8) is 0 Å². The molecule has 0 radical (unpaired) electrons. The first-order valence-corrected chi connectivity index (χ1v) is 14.8. The van der Waals surface area contributed by atoms with Gasteiger partial charge in [-0.2, -0.15) is 0 Å². The Labute approximate surface area is 266 Å². The largest absolute Gasteiger partial charge is 0.497 e. The maximum atomic E-state index is 15.0. The lowest BCUT2D eigenvalue weighted by molar-refractivity contribution is -0.147. The van der Waals surface area contributed by atoms with Crippen molar-refractivity contribution in [2.45, 2.75) is 11.8 Å². The monoisotopic (exact) mass is 614 g/mol. The first-order chi connectivity index (χ1) is 21.9. The van der Waals surface area contributed by atoms with Gasteiger partial charge < -0.3 is 20.1 Å². The van der Waals surface area contributed by atoms with Gasteiger partial charge in [-0.3, -0.25) is 14.4 Å². The number of hydrogen-bond acceptors (Lipinski definition) is 6. The molecule has 1 spiro atoms. The summed E-state index contributed by atoms with van der Waals surface area (Å²) in [6, 6.07) is 33.0. The summed E-state index contributed by atoms with van der Waals surface area (Å²) >= 11 is 5.29. The molecule has 7 nitrogen and oxygen atoms in total. The van der Waals surface area contributed by atoms with E-state index in [0.29, 0.717) is 33.8 Å². The number of nitrogens with one attached hydrogen (secondary N) is 2. The molecule has 4 aromatic carbocycles. The highest BCUT2D eigenvalue weighted by Gasteiger charge is 2.66. The Morgan fingerprint density at radius 3 is 1.33 bits per heavy atom. The third-order valence-corrected chi connectivity index (χ3v) is 8.61. The third kappa shape index (κ3) is 5.34. The first kappa shape index (κ1) is 29.7. The lowest BCUT2D eigenvalue weighted by atomic mass is 9.51.